The van der Waals surface area contributed by atoms with Crippen molar-refractivity contribution in [1.29, 1.82) is 0 Å². The van der Waals surface area contributed by atoms with Crippen molar-refractivity contribution in [3.05, 3.63) is 53.6 Å². The molecule has 0 N–H and O–H groups in total. The molecule has 0 aliphatic carbocycles. The van der Waals surface area contributed by atoms with E-state index in [1.165, 1.54) is 0 Å². The molecule has 3 nitrogen and oxygen atoms in total. The lowest BCUT2D eigenvalue weighted by Crippen LogP contribution is -2.17. The first-order chi connectivity index (χ1) is 8.11. The molecular formula is C14H16N2O. The zero-order chi connectivity index (χ0) is 12.4. The number of Topliss-reactive ketones (excluding diaryl/α,β-unsaturated/α-hetero) is 1. The Morgan fingerprint density at radius 3 is 2.41 bits per heavy atom. The highest BCUT2D eigenvalue weighted by molar-refractivity contribution is 5.98. The second-order valence-corrected chi connectivity index (χ2v) is 4.23. The molecule has 0 saturated heterocycles. The predicted molar refractivity (Wildman–Crippen MR) is 67.2 cm³/mol. The Morgan fingerprint density at radius 2 is 1.88 bits per heavy atom. The van der Waals surface area contributed by atoms with Crippen molar-refractivity contribution in [3.63, 3.8) is 0 Å². The van der Waals surface area contributed by atoms with Crippen LogP contribution in [0.1, 0.15) is 34.7 Å². The van der Waals surface area contributed by atoms with Gasteiger partial charge in [-0.2, -0.15) is 0 Å². The van der Waals surface area contributed by atoms with Crippen molar-refractivity contribution in [3.8, 4) is 0 Å². The number of nitrogens with zero attached hydrogens (tertiary/aromatic N) is 2. The summed E-state index contributed by atoms with van der Waals surface area (Å²) in [6, 6.07) is 9.15. The Kier molecular flexibility index (Phi) is 3.09. The molecule has 0 spiro atoms. The molecule has 2 rings (SSSR count). The summed E-state index contributed by atoms with van der Waals surface area (Å²) in [7, 11) is 0. The van der Waals surface area contributed by atoms with E-state index < -0.39 is 0 Å². The van der Waals surface area contributed by atoms with Gasteiger partial charge in [0, 0.05) is 11.3 Å². The fourth-order valence-electron chi connectivity index (χ4n) is 1.88. The highest BCUT2D eigenvalue weighted by Gasteiger charge is 2.18. The Labute approximate surface area is 101 Å². The van der Waals surface area contributed by atoms with E-state index in [1.807, 2.05) is 55.7 Å². The smallest absolute Gasteiger partial charge is 0.185 e. The Balaban J connectivity index is 2.30. The van der Waals surface area contributed by atoms with Crippen molar-refractivity contribution in [1.82, 2.24) is 9.55 Å². The van der Waals surface area contributed by atoms with E-state index in [9.17, 15) is 4.79 Å². The van der Waals surface area contributed by atoms with Gasteiger partial charge in [0.15, 0.2) is 5.78 Å². The van der Waals surface area contributed by atoms with E-state index >= 15 is 0 Å². The summed E-state index contributed by atoms with van der Waals surface area (Å²) in [6.07, 6.45) is 1.73. The average Bonchev–Trinajstić information content (AvgIpc) is 2.69. The number of aryl methyl sites for hydroxylation is 1. The largest absolute Gasteiger partial charge is 0.324 e. The van der Waals surface area contributed by atoms with Gasteiger partial charge in [0.05, 0.1) is 18.1 Å². The molecule has 1 atom stereocenters. The fourth-order valence-corrected chi connectivity index (χ4v) is 1.88. The quantitative estimate of drug-likeness (QED) is 0.757. The lowest BCUT2D eigenvalue weighted by Gasteiger charge is -2.14. The number of hydrogen-bond acceptors (Lipinski definition) is 2. The predicted octanol–water partition coefficient (Wildman–Crippen LogP) is 2.94. The van der Waals surface area contributed by atoms with Gasteiger partial charge in [0.1, 0.15) is 0 Å². The number of carbonyl (C=O) groups excluding carboxylic acids is 1. The third kappa shape index (κ3) is 2.13. The molecule has 1 aromatic carbocycles. The van der Waals surface area contributed by atoms with Crippen molar-refractivity contribution in [2.24, 2.45) is 0 Å². The molecule has 0 bridgehead atoms. The van der Waals surface area contributed by atoms with Crippen molar-refractivity contribution >= 4 is 5.78 Å². The summed E-state index contributed by atoms with van der Waals surface area (Å²) < 4.78 is 1.92. The van der Waals surface area contributed by atoms with E-state index in [0.717, 1.165) is 17.0 Å². The van der Waals surface area contributed by atoms with Gasteiger partial charge in [-0.15, -0.1) is 0 Å². The van der Waals surface area contributed by atoms with Gasteiger partial charge in [-0.25, -0.2) is 4.98 Å². The van der Waals surface area contributed by atoms with E-state index in [4.69, 9.17) is 0 Å². The standard InChI is InChI=1S/C14H16N2O/c1-10-11(2)16(9-15-10)12(3)14(17)13-7-5-4-6-8-13/h4-9,12H,1-3H3. The topological polar surface area (TPSA) is 34.9 Å². The maximum Gasteiger partial charge on any atom is 0.185 e. The third-order valence-corrected chi connectivity index (χ3v) is 3.14. The molecule has 0 amide bonds. The van der Waals surface area contributed by atoms with Crippen molar-refractivity contribution in [2.45, 2.75) is 26.8 Å². The maximum absolute atomic E-state index is 12.3. The second-order valence-electron chi connectivity index (χ2n) is 4.23. The van der Waals surface area contributed by atoms with Gasteiger partial charge in [-0.3, -0.25) is 4.79 Å². The lowest BCUT2D eigenvalue weighted by atomic mass is 10.1. The average molecular weight is 228 g/mol. The molecule has 0 fully saturated rings. The minimum atomic E-state index is -0.210. The first-order valence-electron chi connectivity index (χ1n) is 5.70. The zero-order valence-electron chi connectivity index (χ0n) is 10.3. The van der Waals surface area contributed by atoms with E-state index in [2.05, 4.69) is 4.98 Å². The highest BCUT2D eigenvalue weighted by atomic mass is 16.1. The summed E-state index contributed by atoms with van der Waals surface area (Å²) in [5.41, 5.74) is 2.75. The van der Waals surface area contributed by atoms with Crippen LogP contribution < -0.4 is 0 Å². The van der Waals surface area contributed by atoms with Crippen LogP contribution in [0.25, 0.3) is 0 Å². The molecule has 17 heavy (non-hydrogen) atoms. The molecule has 0 saturated carbocycles. The molecule has 1 heterocycles. The van der Waals surface area contributed by atoms with Gasteiger partial charge < -0.3 is 4.57 Å². The summed E-state index contributed by atoms with van der Waals surface area (Å²) in [5, 5.41) is 0. The third-order valence-electron chi connectivity index (χ3n) is 3.14. The molecule has 0 aliphatic heterocycles. The first kappa shape index (κ1) is 11.6. The first-order valence-corrected chi connectivity index (χ1v) is 5.70. The maximum atomic E-state index is 12.3. The summed E-state index contributed by atoms with van der Waals surface area (Å²) in [5.74, 6) is 0.117. The number of imidazole rings is 1. The summed E-state index contributed by atoms with van der Waals surface area (Å²) in [4.78, 5) is 16.5. The monoisotopic (exact) mass is 228 g/mol. The number of ketones is 1. The molecule has 1 aromatic heterocycles. The van der Waals surface area contributed by atoms with Crippen LogP contribution in [0, 0.1) is 13.8 Å². The van der Waals surface area contributed by atoms with Crippen LogP contribution in [0.15, 0.2) is 36.7 Å². The Morgan fingerprint density at radius 1 is 1.24 bits per heavy atom. The molecule has 2 aromatic rings. The van der Waals surface area contributed by atoms with Gasteiger partial charge in [0.2, 0.25) is 0 Å². The Hall–Kier alpha value is -1.90. The van der Waals surface area contributed by atoms with Crippen LogP contribution in [-0.2, 0) is 0 Å². The zero-order valence-corrected chi connectivity index (χ0v) is 10.3. The van der Waals surface area contributed by atoms with Crippen LogP contribution in [0.3, 0.4) is 0 Å². The SMILES string of the molecule is Cc1ncn(C(C)C(=O)c2ccccc2)c1C. The number of rotatable bonds is 3. The van der Waals surface area contributed by atoms with Gasteiger partial charge in [-0.05, 0) is 20.8 Å². The highest BCUT2D eigenvalue weighted by Crippen LogP contribution is 2.17. The second kappa shape index (κ2) is 4.53. The Bertz CT molecular complexity index is 528. The lowest BCUT2D eigenvalue weighted by molar-refractivity contribution is 0.0933. The van der Waals surface area contributed by atoms with Crippen molar-refractivity contribution < 1.29 is 4.79 Å². The summed E-state index contributed by atoms with van der Waals surface area (Å²) >= 11 is 0. The van der Waals surface area contributed by atoms with E-state index in [-0.39, 0.29) is 11.8 Å². The van der Waals surface area contributed by atoms with Crippen molar-refractivity contribution in [2.75, 3.05) is 0 Å². The number of benzene rings is 1. The number of carbonyl (C=O) groups is 1. The van der Waals surface area contributed by atoms with E-state index in [0.29, 0.717) is 0 Å². The van der Waals surface area contributed by atoms with Crippen LogP contribution >= 0.6 is 0 Å². The number of hydrogen-bond donors (Lipinski definition) is 0. The van der Waals surface area contributed by atoms with Crippen LogP contribution in [0.4, 0.5) is 0 Å². The summed E-state index contributed by atoms with van der Waals surface area (Å²) in [6.45, 7) is 5.84. The van der Waals surface area contributed by atoms with Crippen LogP contribution in [0.2, 0.25) is 0 Å². The minimum Gasteiger partial charge on any atom is -0.324 e. The molecule has 3 heteroatoms. The van der Waals surface area contributed by atoms with Crippen LogP contribution in [-0.4, -0.2) is 15.3 Å². The molecular weight excluding hydrogens is 212 g/mol. The van der Waals surface area contributed by atoms with Gasteiger partial charge in [-0.1, -0.05) is 30.3 Å². The molecule has 1 unspecified atom stereocenters. The fraction of sp³-hybridized carbons (Fsp3) is 0.286. The van der Waals surface area contributed by atoms with Crippen LogP contribution in [0.5, 0.6) is 0 Å². The van der Waals surface area contributed by atoms with Gasteiger partial charge in [0.25, 0.3) is 0 Å². The number of aromatic nitrogens is 2. The normalized spacial score (nSPS) is 12.4. The minimum absolute atomic E-state index is 0.117. The molecule has 88 valence electrons. The van der Waals surface area contributed by atoms with Gasteiger partial charge >= 0.3 is 0 Å². The molecule has 0 radical (unpaired) electrons. The molecule has 0 aliphatic rings. The van der Waals surface area contributed by atoms with E-state index in [1.54, 1.807) is 6.33 Å².